The van der Waals surface area contributed by atoms with Gasteiger partial charge in [0.1, 0.15) is 24.7 Å². The molecule has 0 saturated carbocycles. The lowest BCUT2D eigenvalue weighted by atomic mass is 10.2. The molecule has 1 N–H and O–H groups in total. The van der Waals surface area contributed by atoms with Gasteiger partial charge in [0.05, 0.1) is 0 Å². The Kier molecular flexibility index (Phi) is 5.38. The zero-order valence-corrected chi connectivity index (χ0v) is 12.2. The number of halogens is 1. The summed E-state index contributed by atoms with van der Waals surface area (Å²) in [5, 5.41) is 9.07. The van der Waals surface area contributed by atoms with Crippen LogP contribution in [0, 0.1) is 0 Å². The van der Waals surface area contributed by atoms with Crippen molar-refractivity contribution in [2.45, 2.75) is 0 Å². The van der Waals surface area contributed by atoms with Crippen LogP contribution in [0.5, 0.6) is 11.5 Å². The Morgan fingerprint density at radius 1 is 1.14 bits per heavy atom. The number of phenolic OH excluding ortho intramolecular Hbond substituents is 1. The summed E-state index contributed by atoms with van der Waals surface area (Å²) in [6, 6.07) is 6.33. The third-order valence-corrected chi connectivity index (χ3v) is 2.90. The summed E-state index contributed by atoms with van der Waals surface area (Å²) in [6.45, 7) is 0.278. The molecule has 1 aromatic carbocycles. The number of phenols is 1. The Morgan fingerprint density at radius 3 is 2.27 bits per heavy atom. The standard InChI is InChI=1S/C9H9ClO4.C7H4O/c10-9(12)14-5-4-13-8-3-1-2-7(11)6-8;8-7-5-1-2-6(7)4-3-5/h1-3,6,11H,4-5H2;1-4H. The van der Waals surface area contributed by atoms with E-state index in [1.54, 1.807) is 12.1 Å². The molecule has 0 heterocycles. The number of benzene rings is 1. The Morgan fingerprint density at radius 2 is 1.82 bits per heavy atom. The highest BCUT2D eigenvalue weighted by molar-refractivity contribution is 6.61. The van der Waals surface area contributed by atoms with Crippen molar-refractivity contribution < 1.29 is 24.2 Å². The Balaban J connectivity index is 0.000000183. The summed E-state index contributed by atoms with van der Waals surface area (Å²) in [5.74, 6) is 0.817. The number of allylic oxidation sites excluding steroid dienone is 6. The van der Waals surface area contributed by atoms with E-state index in [-0.39, 0.29) is 24.7 Å². The van der Waals surface area contributed by atoms with Crippen LogP contribution in [0.3, 0.4) is 0 Å². The molecule has 0 spiro atoms. The number of hydrogen-bond acceptors (Lipinski definition) is 5. The first kappa shape index (κ1) is 15.9. The van der Waals surface area contributed by atoms with Crippen molar-refractivity contribution in [2.75, 3.05) is 13.2 Å². The minimum Gasteiger partial charge on any atom is -0.508 e. The zero-order valence-electron chi connectivity index (χ0n) is 11.5. The van der Waals surface area contributed by atoms with Crippen LogP contribution in [0.4, 0.5) is 4.79 Å². The summed E-state index contributed by atoms with van der Waals surface area (Å²) < 4.78 is 9.57. The number of ketones is 1. The lowest BCUT2D eigenvalue weighted by Gasteiger charge is -2.05. The summed E-state index contributed by atoms with van der Waals surface area (Å²) in [4.78, 5) is 20.9. The monoisotopic (exact) mass is 320 g/mol. The van der Waals surface area contributed by atoms with Crippen LogP contribution in [0.15, 0.2) is 59.7 Å². The molecule has 0 saturated heterocycles. The fourth-order valence-electron chi connectivity index (χ4n) is 1.79. The number of hydrogen-bond donors (Lipinski definition) is 1. The molecule has 2 aliphatic carbocycles. The molecule has 0 unspecified atom stereocenters. The number of ether oxygens (including phenoxy) is 2. The minimum atomic E-state index is -0.857. The van der Waals surface area contributed by atoms with Crippen molar-refractivity contribution in [2.24, 2.45) is 0 Å². The smallest absolute Gasteiger partial charge is 0.403 e. The summed E-state index contributed by atoms with van der Waals surface area (Å²) in [6.07, 6.45) is 7.38. The molecule has 6 heteroatoms. The second-order valence-electron chi connectivity index (χ2n) is 4.34. The lowest BCUT2D eigenvalue weighted by Crippen LogP contribution is -2.07. The van der Waals surface area contributed by atoms with Gasteiger partial charge in [-0.15, -0.1) is 0 Å². The van der Waals surface area contributed by atoms with Crippen LogP contribution < -0.4 is 4.74 Å². The molecule has 2 bridgehead atoms. The molecular weight excluding hydrogens is 308 g/mol. The second kappa shape index (κ2) is 7.47. The van der Waals surface area contributed by atoms with Gasteiger partial charge in [0.25, 0.3) is 0 Å². The van der Waals surface area contributed by atoms with E-state index >= 15 is 0 Å². The molecule has 1 aromatic rings. The number of carbonyl (C=O) groups is 2. The summed E-state index contributed by atoms with van der Waals surface area (Å²) >= 11 is 4.93. The van der Waals surface area contributed by atoms with Gasteiger partial charge in [-0.3, -0.25) is 4.79 Å². The molecule has 0 radical (unpaired) electrons. The number of aromatic hydroxyl groups is 1. The third kappa shape index (κ3) is 4.49. The van der Waals surface area contributed by atoms with Crippen LogP contribution >= 0.6 is 11.6 Å². The molecule has 22 heavy (non-hydrogen) atoms. The van der Waals surface area contributed by atoms with E-state index in [0.717, 1.165) is 11.1 Å². The van der Waals surface area contributed by atoms with E-state index in [9.17, 15) is 9.59 Å². The van der Waals surface area contributed by atoms with Crippen LogP contribution in [0.1, 0.15) is 0 Å². The molecule has 0 atom stereocenters. The molecule has 3 rings (SSSR count). The molecule has 2 aliphatic rings. The van der Waals surface area contributed by atoms with E-state index in [1.165, 1.54) is 12.1 Å². The molecule has 0 aliphatic heterocycles. The minimum absolute atomic E-state index is 0.0813. The van der Waals surface area contributed by atoms with Crippen molar-refractivity contribution >= 4 is 22.8 Å². The van der Waals surface area contributed by atoms with E-state index in [1.807, 2.05) is 24.3 Å². The molecule has 0 amide bonds. The fraction of sp³-hybridized carbons (Fsp3) is 0.125. The first-order valence-corrected chi connectivity index (χ1v) is 6.83. The average Bonchev–Trinajstić information content (AvgIpc) is 3.02. The summed E-state index contributed by atoms with van der Waals surface area (Å²) in [7, 11) is 0. The van der Waals surface area contributed by atoms with Crippen molar-refractivity contribution in [3.05, 3.63) is 59.7 Å². The molecule has 5 nitrogen and oxygen atoms in total. The number of rotatable bonds is 4. The van der Waals surface area contributed by atoms with Crippen LogP contribution in [0.2, 0.25) is 0 Å². The average molecular weight is 321 g/mol. The highest BCUT2D eigenvalue weighted by Crippen LogP contribution is 2.23. The van der Waals surface area contributed by atoms with Gasteiger partial charge in [0.15, 0.2) is 5.78 Å². The van der Waals surface area contributed by atoms with Crippen LogP contribution in [-0.4, -0.2) is 29.5 Å². The van der Waals surface area contributed by atoms with E-state index < -0.39 is 5.43 Å². The zero-order chi connectivity index (χ0) is 15.9. The van der Waals surface area contributed by atoms with Gasteiger partial charge in [-0.2, -0.15) is 0 Å². The quantitative estimate of drug-likeness (QED) is 0.681. The lowest BCUT2D eigenvalue weighted by molar-refractivity contribution is -0.111. The number of Topliss-reactive ketones (excluding diaryl/α,β-unsaturated/α-hetero) is 1. The molecule has 114 valence electrons. The highest BCUT2D eigenvalue weighted by Gasteiger charge is 2.19. The van der Waals surface area contributed by atoms with Gasteiger partial charge in [-0.05, 0) is 12.1 Å². The SMILES string of the molecule is O=C(Cl)OCCOc1cccc(O)c1.O=C1C2=CC=C1C=C2. The van der Waals surface area contributed by atoms with Crippen molar-refractivity contribution in [3.63, 3.8) is 0 Å². The van der Waals surface area contributed by atoms with Gasteiger partial charge in [-0.1, -0.05) is 30.4 Å². The first-order valence-electron chi connectivity index (χ1n) is 6.45. The van der Waals surface area contributed by atoms with E-state index in [4.69, 9.17) is 21.4 Å². The van der Waals surface area contributed by atoms with Gasteiger partial charge < -0.3 is 14.6 Å². The van der Waals surface area contributed by atoms with Gasteiger partial charge in [0.2, 0.25) is 0 Å². The van der Waals surface area contributed by atoms with Crippen molar-refractivity contribution in [3.8, 4) is 11.5 Å². The normalized spacial score (nSPS) is 14.0. The Hall–Kier alpha value is -2.53. The predicted molar refractivity (Wildman–Crippen MR) is 81.1 cm³/mol. The van der Waals surface area contributed by atoms with E-state index in [2.05, 4.69) is 4.74 Å². The molecule has 0 aromatic heterocycles. The van der Waals surface area contributed by atoms with Crippen LogP contribution in [0.25, 0.3) is 0 Å². The topological polar surface area (TPSA) is 72.8 Å². The van der Waals surface area contributed by atoms with Gasteiger partial charge in [-0.25, -0.2) is 4.79 Å². The maximum Gasteiger partial charge on any atom is 0.403 e. The maximum absolute atomic E-state index is 10.8. The van der Waals surface area contributed by atoms with Crippen molar-refractivity contribution in [1.29, 1.82) is 0 Å². The van der Waals surface area contributed by atoms with Gasteiger partial charge in [0, 0.05) is 28.8 Å². The Labute approximate surface area is 132 Å². The number of fused-ring (bicyclic) bond motifs is 2. The van der Waals surface area contributed by atoms with E-state index in [0.29, 0.717) is 5.75 Å². The number of carbonyl (C=O) groups excluding carboxylic acids is 2. The van der Waals surface area contributed by atoms with Gasteiger partial charge >= 0.3 is 5.43 Å². The summed E-state index contributed by atoms with van der Waals surface area (Å²) in [5.41, 5.74) is 0.810. The first-order chi connectivity index (χ1) is 10.6. The maximum atomic E-state index is 10.8. The second-order valence-corrected chi connectivity index (χ2v) is 4.65. The fourth-order valence-corrected chi connectivity index (χ4v) is 1.87. The molecule has 0 fully saturated rings. The molecular formula is C16H13ClO5. The third-order valence-electron chi connectivity index (χ3n) is 2.79. The van der Waals surface area contributed by atoms with Crippen molar-refractivity contribution in [1.82, 2.24) is 0 Å². The largest absolute Gasteiger partial charge is 0.508 e. The predicted octanol–water partition coefficient (Wildman–Crippen LogP) is 3.14. The highest BCUT2D eigenvalue weighted by atomic mass is 35.5. The van der Waals surface area contributed by atoms with Crippen LogP contribution in [-0.2, 0) is 9.53 Å². The Bertz CT molecular complexity index is 649.